The molecule has 0 atom stereocenters. The Morgan fingerprint density at radius 1 is 1.04 bits per heavy atom. The van der Waals surface area contributed by atoms with E-state index in [1.807, 2.05) is 18.2 Å². The molecule has 1 N–H and O–H groups in total. The van der Waals surface area contributed by atoms with Gasteiger partial charge in [0.05, 0.1) is 22.9 Å². The van der Waals surface area contributed by atoms with E-state index in [1.165, 1.54) is 19.2 Å². The van der Waals surface area contributed by atoms with Gasteiger partial charge in [0.2, 0.25) is 10.0 Å². The maximum Gasteiger partial charge on any atom is 0.335 e. The molecular formula is C17H15N3O4S. The largest absolute Gasteiger partial charge is 0.478 e. The number of hydrogen-bond donors (Lipinski definition) is 1. The fourth-order valence-corrected chi connectivity index (χ4v) is 2.79. The van der Waals surface area contributed by atoms with Crippen LogP contribution in [-0.4, -0.2) is 42.8 Å². The van der Waals surface area contributed by atoms with Crippen LogP contribution in [0.3, 0.4) is 0 Å². The number of carboxylic acid groups (broad SMARTS) is 1. The second kappa shape index (κ2) is 6.14. The van der Waals surface area contributed by atoms with Crippen molar-refractivity contribution in [3.05, 3.63) is 54.1 Å². The minimum absolute atomic E-state index is 0.0576. The fourth-order valence-electron chi connectivity index (χ4n) is 2.34. The smallest absolute Gasteiger partial charge is 0.335 e. The Morgan fingerprint density at radius 3 is 2.32 bits per heavy atom. The van der Waals surface area contributed by atoms with E-state index in [9.17, 15) is 13.2 Å². The van der Waals surface area contributed by atoms with Gasteiger partial charge in [-0.1, -0.05) is 30.3 Å². The summed E-state index contributed by atoms with van der Waals surface area (Å²) < 4.78 is 25.0. The van der Waals surface area contributed by atoms with E-state index in [2.05, 4.69) is 9.97 Å². The molecule has 0 radical (unpaired) electrons. The number of rotatable bonds is 4. The van der Waals surface area contributed by atoms with Gasteiger partial charge < -0.3 is 5.11 Å². The first-order valence-electron chi connectivity index (χ1n) is 7.32. The van der Waals surface area contributed by atoms with Gasteiger partial charge in [0, 0.05) is 12.6 Å². The van der Waals surface area contributed by atoms with E-state index in [1.54, 1.807) is 18.2 Å². The summed E-state index contributed by atoms with van der Waals surface area (Å²) in [6, 6.07) is 13.5. The molecule has 0 aliphatic rings. The Hall–Kier alpha value is -3.00. The lowest BCUT2D eigenvalue weighted by molar-refractivity contribution is 0.0697. The van der Waals surface area contributed by atoms with Crippen molar-refractivity contribution in [1.29, 1.82) is 0 Å². The van der Waals surface area contributed by atoms with Gasteiger partial charge in [-0.05, 0) is 18.2 Å². The van der Waals surface area contributed by atoms with Gasteiger partial charge in [-0.25, -0.2) is 23.2 Å². The summed E-state index contributed by atoms with van der Waals surface area (Å²) in [5.41, 5.74) is 1.97. The van der Waals surface area contributed by atoms with Crippen LogP contribution in [0.5, 0.6) is 0 Å². The first kappa shape index (κ1) is 16.8. The van der Waals surface area contributed by atoms with Gasteiger partial charge in [-0.3, -0.25) is 4.31 Å². The van der Waals surface area contributed by atoms with Crippen LogP contribution in [0.4, 0.5) is 5.82 Å². The van der Waals surface area contributed by atoms with E-state index >= 15 is 0 Å². The number of aromatic carboxylic acids is 1. The summed E-state index contributed by atoms with van der Waals surface area (Å²) in [5, 5.41) is 9.13. The summed E-state index contributed by atoms with van der Waals surface area (Å²) in [6.07, 6.45) is 1.07. The molecule has 3 aromatic rings. The predicted molar refractivity (Wildman–Crippen MR) is 95.2 cm³/mol. The van der Waals surface area contributed by atoms with Gasteiger partial charge in [0.1, 0.15) is 5.69 Å². The highest BCUT2D eigenvalue weighted by atomic mass is 32.2. The minimum Gasteiger partial charge on any atom is -0.478 e. The lowest BCUT2D eigenvalue weighted by Crippen LogP contribution is -2.26. The van der Waals surface area contributed by atoms with Crippen molar-refractivity contribution >= 4 is 32.8 Å². The summed E-state index contributed by atoms with van der Waals surface area (Å²) >= 11 is 0. The Labute approximate surface area is 144 Å². The lowest BCUT2D eigenvalue weighted by Gasteiger charge is -2.19. The zero-order valence-corrected chi connectivity index (χ0v) is 14.4. The molecule has 0 unspecified atom stereocenters. The molecule has 1 heterocycles. The van der Waals surface area contributed by atoms with Crippen LogP contribution >= 0.6 is 0 Å². The Morgan fingerprint density at radius 2 is 1.72 bits per heavy atom. The Bertz CT molecular complexity index is 1070. The Balaban J connectivity index is 2.32. The summed E-state index contributed by atoms with van der Waals surface area (Å²) in [6.45, 7) is 0. The lowest BCUT2D eigenvalue weighted by atomic mass is 10.1. The third kappa shape index (κ3) is 3.29. The van der Waals surface area contributed by atoms with Crippen molar-refractivity contribution in [2.24, 2.45) is 0 Å². The summed E-state index contributed by atoms with van der Waals surface area (Å²) in [5.74, 6) is -0.947. The molecule has 0 aliphatic carbocycles. The Kier molecular flexibility index (Phi) is 4.13. The average molecular weight is 357 g/mol. The highest BCUT2D eigenvalue weighted by molar-refractivity contribution is 7.92. The first-order valence-corrected chi connectivity index (χ1v) is 9.16. The van der Waals surface area contributed by atoms with Crippen LogP contribution in [0.1, 0.15) is 10.4 Å². The predicted octanol–water partition coefficient (Wildman–Crippen LogP) is 2.39. The maximum absolute atomic E-state index is 12.0. The monoisotopic (exact) mass is 357 g/mol. The highest BCUT2D eigenvalue weighted by Crippen LogP contribution is 2.30. The van der Waals surface area contributed by atoms with Gasteiger partial charge in [0.15, 0.2) is 5.82 Å². The third-order valence-electron chi connectivity index (χ3n) is 3.74. The quantitative estimate of drug-likeness (QED) is 0.769. The molecule has 0 fully saturated rings. The molecular weight excluding hydrogens is 342 g/mol. The van der Waals surface area contributed by atoms with Crippen LogP contribution in [0.15, 0.2) is 48.5 Å². The van der Waals surface area contributed by atoms with Crippen LogP contribution in [0.2, 0.25) is 0 Å². The molecule has 0 spiro atoms. The van der Waals surface area contributed by atoms with Crippen molar-refractivity contribution in [2.45, 2.75) is 0 Å². The van der Waals surface area contributed by atoms with Crippen LogP contribution < -0.4 is 4.31 Å². The van der Waals surface area contributed by atoms with Gasteiger partial charge in [-0.2, -0.15) is 0 Å². The topological polar surface area (TPSA) is 100 Å². The van der Waals surface area contributed by atoms with E-state index < -0.39 is 16.0 Å². The molecule has 0 saturated heterocycles. The van der Waals surface area contributed by atoms with Crippen LogP contribution in [0.25, 0.3) is 22.3 Å². The standard InChI is InChI=1S/C17H15N3O4S/c1-20(25(2,23)24)16-15(11-6-4-3-5-7-11)18-13-9-8-12(17(21)22)10-14(13)19-16/h3-10H,1-2H3,(H,21,22). The molecule has 0 amide bonds. The van der Waals surface area contributed by atoms with Gasteiger partial charge >= 0.3 is 5.97 Å². The summed E-state index contributed by atoms with van der Waals surface area (Å²) in [7, 11) is -2.18. The number of aromatic nitrogens is 2. The molecule has 25 heavy (non-hydrogen) atoms. The molecule has 7 nitrogen and oxygen atoms in total. The molecule has 0 bridgehead atoms. The minimum atomic E-state index is -3.57. The van der Waals surface area contributed by atoms with Crippen LogP contribution in [-0.2, 0) is 10.0 Å². The number of hydrogen-bond acceptors (Lipinski definition) is 5. The number of carboxylic acids is 1. The van der Waals surface area contributed by atoms with Gasteiger partial charge in [0.25, 0.3) is 0 Å². The third-order valence-corrected chi connectivity index (χ3v) is 4.90. The molecule has 2 aromatic carbocycles. The van der Waals surface area contributed by atoms with E-state index in [0.717, 1.165) is 10.6 Å². The number of anilines is 1. The molecule has 8 heteroatoms. The van der Waals surface area contributed by atoms with Crippen molar-refractivity contribution in [3.8, 4) is 11.3 Å². The maximum atomic E-state index is 12.0. The fraction of sp³-hybridized carbons (Fsp3) is 0.118. The number of nitrogens with zero attached hydrogens (tertiary/aromatic N) is 3. The number of benzene rings is 2. The van der Waals surface area contributed by atoms with Gasteiger partial charge in [-0.15, -0.1) is 0 Å². The number of sulfonamides is 1. The van der Waals surface area contributed by atoms with Crippen molar-refractivity contribution in [3.63, 3.8) is 0 Å². The number of fused-ring (bicyclic) bond motifs is 1. The highest BCUT2D eigenvalue weighted by Gasteiger charge is 2.21. The zero-order chi connectivity index (χ0) is 18.2. The zero-order valence-electron chi connectivity index (χ0n) is 13.5. The van der Waals surface area contributed by atoms with Crippen molar-refractivity contribution in [1.82, 2.24) is 9.97 Å². The normalized spacial score (nSPS) is 11.4. The summed E-state index contributed by atoms with van der Waals surface area (Å²) in [4.78, 5) is 20.1. The number of carbonyl (C=O) groups is 1. The molecule has 0 aliphatic heterocycles. The van der Waals surface area contributed by atoms with E-state index in [4.69, 9.17) is 5.11 Å². The van der Waals surface area contributed by atoms with Crippen molar-refractivity contribution < 1.29 is 18.3 Å². The molecule has 128 valence electrons. The van der Waals surface area contributed by atoms with E-state index in [-0.39, 0.29) is 11.4 Å². The molecule has 0 saturated carbocycles. The van der Waals surface area contributed by atoms with Crippen LogP contribution in [0, 0.1) is 0 Å². The van der Waals surface area contributed by atoms with E-state index in [0.29, 0.717) is 22.3 Å². The average Bonchev–Trinajstić information content (AvgIpc) is 2.59. The molecule has 1 aromatic heterocycles. The second-order valence-electron chi connectivity index (χ2n) is 5.50. The first-order chi connectivity index (χ1) is 11.8. The SMILES string of the molecule is CN(c1nc2cc(C(=O)O)ccc2nc1-c1ccccc1)S(C)(=O)=O. The van der Waals surface area contributed by atoms with Crippen molar-refractivity contribution in [2.75, 3.05) is 17.6 Å². The second-order valence-corrected chi connectivity index (χ2v) is 7.51. The molecule has 3 rings (SSSR count).